The lowest BCUT2D eigenvalue weighted by molar-refractivity contribution is 0.0283. The fraction of sp³-hybridized carbons (Fsp3) is 0.789. The summed E-state index contributed by atoms with van der Waals surface area (Å²) in [6.45, 7) is 10.3. The van der Waals surface area contributed by atoms with Crippen LogP contribution in [0.3, 0.4) is 0 Å². The van der Waals surface area contributed by atoms with Gasteiger partial charge < -0.3 is 18.9 Å². The monoisotopic (exact) mass is 418 g/mol. The predicted molar refractivity (Wildman–Crippen MR) is 108 cm³/mol. The van der Waals surface area contributed by atoms with Crippen molar-refractivity contribution in [3.8, 4) is 0 Å². The number of thioether (sulfide) groups is 2. The maximum absolute atomic E-state index is 12.2. The van der Waals surface area contributed by atoms with Gasteiger partial charge in [0, 0.05) is 23.8 Å². The van der Waals surface area contributed by atoms with E-state index in [0.717, 1.165) is 11.8 Å². The number of carbonyl (C=O) groups excluding carboxylic acids is 2. The largest absolute Gasteiger partial charge is 0.450 e. The Morgan fingerprint density at radius 3 is 2.04 bits per heavy atom. The van der Waals surface area contributed by atoms with E-state index in [0.29, 0.717) is 18.6 Å². The molecule has 1 fully saturated rings. The highest BCUT2D eigenvalue weighted by molar-refractivity contribution is 8.13. The van der Waals surface area contributed by atoms with E-state index in [1.54, 1.807) is 12.2 Å². The first kappa shape index (κ1) is 22.6. The van der Waals surface area contributed by atoms with Crippen LogP contribution in [-0.2, 0) is 18.9 Å². The van der Waals surface area contributed by atoms with Gasteiger partial charge in [-0.15, -0.1) is 0 Å². The second kappa shape index (κ2) is 10.2. The molecule has 0 spiro atoms. The maximum Gasteiger partial charge on any atom is 0.368 e. The van der Waals surface area contributed by atoms with Gasteiger partial charge in [-0.3, -0.25) is 0 Å². The van der Waals surface area contributed by atoms with Crippen LogP contribution in [-0.4, -0.2) is 52.8 Å². The summed E-state index contributed by atoms with van der Waals surface area (Å²) in [6.07, 6.45) is 3.43. The predicted octanol–water partition coefficient (Wildman–Crippen LogP) is 5.01. The Morgan fingerprint density at radius 2 is 1.56 bits per heavy atom. The van der Waals surface area contributed by atoms with Gasteiger partial charge in [-0.25, -0.2) is 9.59 Å². The number of hydrogen-bond donors (Lipinski definition) is 0. The summed E-state index contributed by atoms with van der Waals surface area (Å²) in [4.78, 5) is 24.2. The highest BCUT2D eigenvalue weighted by Crippen LogP contribution is 2.29. The average Bonchev–Trinajstić information content (AvgIpc) is 2.93. The molecule has 0 aromatic carbocycles. The quantitative estimate of drug-likeness (QED) is 0.466. The third-order valence-electron chi connectivity index (χ3n) is 3.90. The van der Waals surface area contributed by atoms with Gasteiger partial charge in [-0.2, -0.15) is 0 Å². The van der Waals surface area contributed by atoms with Crippen LogP contribution >= 0.6 is 23.5 Å². The Bertz CT molecular complexity index is 543. The Morgan fingerprint density at radius 1 is 1.04 bits per heavy atom. The van der Waals surface area contributed by atoms with E-state index in [4.69, 9.17) is 18.9 Å². The molecular weight excluding hydrogens is 388 g/mol. The van der Waals surface area contributed by atoms with Crippen LogP contribution in [0, 0.1) is 5.41 Å². The molecule has 27 heavy (non-hydrogen) atoms. The number of ether oxygens (including phenoxy) is 4. The van der Waals surface area contributed by atoms with E-state index in [9.17, 15) is 9.59 Å². The zero-order chi connectivity index (χ0) is 20.0. The van der Waals surface area contributed by atoms with E-state index in [2.05, 4.69) is 20.8 Å². The number of carbonyl (C=O) groups is 2. The fourth-order valence-corrected chi connectivity index (χ4v) is 3.99. The first-order valence-electron chi connectivity index (χ1n) is 9.24. The lowest BCUT2D eigenvalue weighted by Crippen LogP contribution is -2.34. The first-order valence-corrected chi connectivity index (χ1v) is 11.1. The van der Waals surface area contributed by atoms with E-state index in [1.165, 1.54) is 11.8 Å². The molecule has 0 amide bonds. The van der Waals surface area contributed by atoms with Gasteiger partial charge in [-0.1, -0.05) is 34.6 Å². The van der Waals surface area contributed by atoms with Crippen molar-refractivity contribution in [2.45, 2.75) is 77.1 Å². The molecule has 0 saturated carbocycles. The van der Waals surface area contributed by atoms with E-state index in [1.807, 2.05) is 13.8 Å². The van der Waals surface area contributed by atoms with E-state index < -0.39 is 12.2 Å². The highest BCUT2D eigenvalue weighted by atomic mass is 32.2. The van der Waals surface area contributed by atoms with Crippen molar-refractivity contribution in [2.75, 3.05) is 12.5 Å². The summed E-state index contributed by atoms with van der Waals surface area (Å²) in [5.74, 6) is 0.681. The Balaban J connectivity index is 1.98. The molecule has 1 heterocycles. The van der Waals surface area contributed by atoms with Crippen LogP contribution in [0.15, 0.2) is 12.2 Å². The van der Waals surface area contributed by atoms with Gasteiger partial charge in [0.1, 0.15) is 19.0 Å². The summed E-state index contributed by atoms with van der Waals surface area (Å²) < 4.78 is 22.4. The van der Waals surface area contributed by atoms with E-state index >= 15 is 0 Å². The van der Waals surface area contributed by atoms with Gasteiger partial charge in [-0.05, 0) is 41.1 Å². The van der Waals surface area contributed by atoms with Crippen molar-refractivity contribution in [1.82, 2.24) is 0 Å². The zero-order valence-electron chi connectivity index (χ0n) is 16.6. The van der Waals surface area contributed by atoms with Crippen LogP contribution in [0.1, 0.15) is 47.5 Å². The topological polar surface area (TPSA) is 71.1 Å². The van der Waals surface area contributed by atoms with Crippen LogP contribution < -0.4 is 0 Å². The summed E-state index contributed by atoms with van der Waals surface area (Å²) in [7, 11) is 0. The summed E-state index contributed by atoms with van der Waals surface area (Å²) >= 11 is 2.33. The Hall–Kier alpha value is -0.700. The van der Waals surface area contributed by atoms with Gasteiger partial charge in [0.25, 0.3) is 0 Å². The van der Waals surface area contributed by atoms with Gasteiger partial charge in [0.15, 0.2) is 0 Å². The minimum atomic E-state index is -0.432. The first-order chi connectivity index (χ1) is 12.6. The molecule has 2 aliphatic rings. The van der Waals surface area contributed by atoms with E-state index in [-0.39, 0.29) is 40.3 Å². The molecule has 1 saturated heterocycles. The minimum absolute atomic E-state index is 0.0430. The third-order valence-corrected chi connectivity index (χ3v) is 6.00. The standard InChI is InChI=1S/C19H30O6S2/c1-12(2)27-18(21)25-14-7-6-13(8-15-16(9-14)23-11-22-15)24-17(20)26-10-19(3,4)5/h6-7,12-16H,8-11H2,1-5H3/b7-6+. The molecule has 0 aromatic heterocycles. The average molecular weight is 419 g/mol. The third kappa shape index (κ3) is 8.46. The zero-order valence-corrected chi connectivity index (χ0v) is 18.3. The van der Waals surface area contributed by atoms with Gasteiger partial charge in [0.05, 0.1) is 12.2 Å². The van der Waals surface area contributed by atoms with Crippen LogP contribution in [0.4, 0.5) is 9.59 Å². The van der Waals surface area contributed by atoms with Gasteiger partial charge >= 0.3 is 10.6 Å². The molecule has 6 nitrogen and oxygen atoms in total. The maximum atomic E-state index is 12.2. The van der Waals surface area contributed by atoms with Crippen LogP contribution in [0.2, 0.25) is 0 Å². The van der Waals surface area contributed by atoms with Crippen LogP contribution in [0.5, 0.6) is 0 Å². The molecule has 154 valence electrons. The van der Waals surface area contributed by atoms with Crippen molar-refractivity contribution in [3.05, 3.63) is 12.2 Å². The van der Waals surface area contributed by atoms with Gasteiger partial charge in [0.2, 0.25) is 0 Å². The minimum Gasteiger partial charge on any atom is -0.450 e. The fourth-order valence-electron chi connectivity index (χ4n) is 2.68. The molecule has 4 unspecified atom stereocenters. The summed E-state index contributed by atoms with van der Waals surface area (Å²) in [5.41, 5.74) is 0.0430. The van der Waals surface area contributed by atoms with Crippen molar-refractivity contribution in [3.63, 3.8) is 0 Å². The van der Waals surface area contributed by atoms with Crippen molar-refractivity contribution in [2.24, 2.45) is 5.41 Å². The molecule has 2 rings (SSSR count). The summed E-state index contributed by atoms with van der Waals surface area (Å²) in [5, 5.41) is -0.466. The summed E-state index contributed by atoms with van der Waals surface area (Å²) in [6, 6.07) is 0. The molecule has 0 N–H and O–H groups in total. The number of hydrogen-bond acceptors (Lipinski definition) is 8. The second-order valence-corrected chi connectivity index (χ2v) is 10.6. The number of fused-ring (bicyclic) bond motifs is 1. The smallest absolute Gasteiger partial charge is 0.368 e. The van der Waals surface area contributed by atoms with Crippen LogP contribution in [0.25, 0.3) is 0 Å². The van der Waals surface area contributed by atoms with Crippen molar-refractivity contribution < 1.29 is 28.5 Å². The molecule has 1 aliphatic heterocycles. The lowest BCUT2D eigenvalue weighted by Gasteiger charge is -2.27. The molecule has 0 aromatic rings. The molecule has 4 atom stereocenters. The highest BCUT2D eigenvalue weighted by Gasteiger charge is 2.36. The molecular formula is C19H30O6S2. The van der Waals surface area contributed by atoms with Crippen molar-refractivity contribution >= 4 is 34.1 Å². The SMILES string of the molecule is CC(C)SC(=O)OC1/C=C/C(OC(=O)SCC(C)(C)C)CC2OCOC2C1. The second-order valence-electron chi connectivity index (χ2n) is 8.21. The van der Waals surface area contributed by atoms with Crippen molar-refractivity contribution in [1.29, 1.82) is 0 Å². The molecule has 8 heteroatoms. The molecule has 0 radical (unpaired) electrons. The molecule has 0 bridgehead atoms. The number of rotatable bonds is 4. The molecule has 1 aliphatic carbocycles. The normalized spacial score (nSPS) is 29.6. The Labute approximate surface area is 170 Å². The lowest BCUT2D eigenvalue weighted by atomic mass is 9.97. The Kier molecular flexibility index (Phi) is 8.52.